The van der Waals surface area contributed by atoms with Crippen molar-refractivity contribution in [3.63, 3.8) is 0 Å². The maximum absolute atomic E-state index is 13.6. The Morgan fingerprint density at radius 3 is 2.26 bits per heavy atom. The van der Waals surface area contributed by atoms with Crippen LogP contribution in [-0.2, 0) is 10.3 Å². The van der Waals surface area contributed by atoms with E-state index in [9.17, 15) is 4.79 Å². The molecule has 0 aliphatic carbocycles. The van der Waals surface area contributed by atoms with Gasteiger partial charge >= 0.3 is 0 Å². The predicted molar refractivity (Wildman–Crippen MR) is 129 cm³/mol. The fraction of sp³-hybridized carbons (Fsp3) is 0.240. The van der Waals surface area contributed by atoms with Gasteiger partial charge in [0.25, 0.3) is 0 Å². The Balaban J connectivity index is 1.72. The monoisotopic (exact) mass is 472 g/mol. The first-order valence-corrected chi connectivity index (χ1v) is 11.3. The molecule has 2 atom stereocenters. The molecule has 0 bridgehead atoms. The van der Waals surface area contributed by atoms with Crippen molar-refractivity contribution in [1.82, 2.24) is 5.32 Å². The lowest BCUT2D eigenvalue weighted by Crippen LogP contribution is -2.47. The van der Waals surface area contributed by atoms with Gasteiger partial charge in [-0.25, -0.2) is 0 Å². The normalized spacial score (nSPS) is 19.1. The van der Waals surface area contributed by atoms with Crippen LogP contribution >= 0.6 is 34.8 Å². The molecule has 0 aromatic heterocycles. The summed E-state index contributed by atoms with van der Waals surface area (Å²) in [4.78, 5) is 15.4. The highest BCUT2D eigenvalue weighted by atomic mass is 35.5. The van der Waals surface area contributed by atoms with E-state index in [1.54, 1.807) is 23.1 Å². The number of amides is 1. The van der Waals surface area contributed by atoms with Crippen molar-refractivity contribution in [2.45, 2.75) is 37.9 Å². The Morgan fingerprint density at radius 1 is 0.903 bits per heavy atom. The molecule has 0 saturated carbocycles. The van der Waals surface area contributed by atoms with Crippen LogP contribution in [0.25, 0.3) is 0 Å². The lowest BCUT2D eigenvalue weighted by molar-refractivity contribution is -0.119. The van der Waals surface area contributed by atoms with Gasteiger partial charge in [0.1, 0.15) is 0 Å². The molecule has 3 aromatic rings. The molecule has 0 radical (unpaired) electrons. The van der Waals surface area contributed by atoms with Gasteiger partial charge in [-0.2, -0.15) is 0 Å². The lowest BCUT2D eigenvalue weighted by atomic mass is 9.92. The molecule has 3 nitrogen and oxygen atoms in total. The van der Waals surface area contributed by atoms with Gasteiger partial charge in [0.2, 0.25) is 5.91 Å². The second kappa shape index (κ2) is 8.84. The van der Waals surface area contributed by atoms with Gasteiger partial charge in [-0.3, -0.25) is 10.1 Å². The molecule has 3 aromatic carbocycles. The zero-order chi connectivity index (χ0) is 22.2. The van der Waals surface area contributed by atoms with Crippen LogP contribution in [0.15, 0.2) is 72.8 Å². The molecule has 1 N–H and O–H groups in total. The van der Waals surface area contributed by atoms with E-state index >= 15 is 0 Å². The van der Waals surface area contributed by atoms with Crippen LogP contribution in [-0.4, -0.2) is 11.9 Å². The molecule has 1 fully saturated rings. The van der Waals surface area contributed by atoms with E-state index in [0.29, 0.717) is 21.5 Å². The molecule has 1 saturated heterocycles. The van der Waals surface area contributed by atoms with E-state index in [1.165, 1.54) is 0 Å². The minimum Gasteiger partial charge on any atom is -0.303 e. The van der Waals surface area contributed by atoms with Crippen LogP contribution in [0.1, 0.15) is 37.4 Å². The van der Waals surface area contributed by atoms with E-state index < -0.39 is 0 Å². The molecule has 1 aliphatic heterocycles. The van der Waals surface area contributed by atoms with Crippen molar-refractivity contribution in [3.05, 3.63) is 99.0 Å². The summed E-state index contributed by atoms with van der Waals surface area (Å²) in [6, 6.07) is 22.3. The first-order chi connectivity index (χ1) is 14.8. The zero-order valence-corrected chi connectivity index (χ0v) is 19.5. The first kappa shape index (κ1) is 22.2. The Labute approximate surface area is 197 Å². The number of hydrogen-bond donors (Lipinski definition) is 1. The summed E-state index contributed by atoms with van der Waals surface area (Å²) in [5.74, 6) is -0.00706. The summed E-state index contributed by atoms with van der Waals surface area (Å²) in [5.41, 5.74) is 2.34. The molecule has 0 spiro atoms. The van der Waals surface area contributed by atoms with Crippen molar-refractivity contribution < 1.29 is 4.79 Å². The molecule has 4 rings (SSSR count). The third kappa shape index (κ3) is 4.47. The maximum Gasteiger partial charge on any atom is 0.244 e. The molecule has 1 heterocycles. The molecule has 6 heteroatoms. The van der Waals surface area contributed by atoms with Gasteiger partial charge in [-0.1, -0.05) is 77.3 Å². The number of benzene rings is 3. The number of carbonyl (C=O) groups is 1. The third-order valence-corrected chi connectivity index (χ3v) is 6.87. The first-order valence-electron chi connectivity index (χ1n) is 10.1. The van der Waals surface area contributed by atoms with Gasteiger partial charge in [-0.05, 0) is 61.7 Å². The quantitative estimate of drug-likeness (QED) is 0.432. The van der Waals surface area contributed by atoms with Crippen LogP contribution < -0.4 is 10.2 Å². The SMILES string of the molecule is CC(C)(N[C@@H]1C[C@H](c2cccc(Cl)c2Cl)N(c2ccc(Cl)cc2)C1=O)c1ccccc1. The number of rotatable bonds is 5. The smallest absolute Gasteiger partial charge is 0.244 e. The number of nitrogens with zero attached hydrogens (tertiary/aromatic N) is 1. The summed E-state index contributed by atoms with van der Waals surface area (Å²) < 4.78 is 0. The minimum atomic E-state index is -0.389. The molecule has 1 aliphatic rings. The van der Waals surface area contributed by atoms with Gasteiger partial charge in [0.15, 0.2) is 0 Å². The van der Waals surface area contributed by atoms with E-state index in [2.05, 4.69) is 31.3 Å². The Hall–Kier alpha value is -2.04. The average molecular weight is 474 g/mol. The van der Waals surface area contributed by atoms with Crippen LogP contribution in [0, 0.1) is 0 Å². The number of nitrogens with one attached hydrogen (secondary N) is 1. The second-order valence-corrected chi connectivity index (χ2v) is 9.49. The summed E-state index contributed by atoms with van der Waals surface area (Å²) in [7, 11) is 0. The Morgan fingerprint density at radius 2 is 1.58 bits per heavy atom. The molecular weight excluding hydrogens is 451 g/mol. The van der Waals surface area contributed by atoms with Gasteiger partial charge in [0, 0.05) is 16.2 Å². The molecular formula is C25H23Cl3N2O. The van der Waals surface area contributed by atoms with E-state index in [4.69, 9.17) is 34.8 Å². The predicted octanol–water partition coefficient (Wildman–Crippen LogP) is 7.02. The van der Waals surface area contributed by atoms with Gasteiger partial charge in [-0.15, -0.1) is 0 Å². The summed E-state index contributed by atoms with van der Waals surface area (Å²) in [5, 5.41) is 5.14. The van der Waals surface area contributed by atoms with Crippen LogP contribution in [0.3, 0.4) is 0 Å². The van der Waals surface area contributed by atoms with Crippen LogP contribution in [0.4, 0.5) is 5.69 Å². The fourth-order valence-corrected chi connectivity index (χ4v) is 4.76. The second-order valence-electron chi connectivity index (χ2n) is 8.27. The third-order valence-electron chi connectivity index (χ3n) is 5.78. The fourth-order valence-electron chi connectivity index (χ4n) is 4.20. The summed E-state index contributed by atoms with van der Waals surface area (Å²) in [6.07, 6.45) is 0.567. The Bertz CT molecular complexity index is 1080. The van der Waals surface area contributed by atoms with Crippen molar-refractivity contribution in [2.75, 3.05) is 4.90 Å². The summed E-state index contributed by atoms with van der Waals surface area (Å²) in [6.45, 7) is 4.17. The molecule has 0 unspecified atom stereocenters. The number of halogens is 3. The van der Waals surface area contributed by atoms with Crippen molar-refractivity contribution in [2.24, 2.45) is 0 Å². The largest absolute Gasteiger partial charge is 0.303 e. The van der Waals surface area contributed by atoms with E-state index in [-0.39, 0.29) is 23.5 Å². The maximum atomic E-state index is 13.6. The average Bonchev–Trinajstić information content (AvgIpc) is 3.06. The van der Waals surface area contributed by atoms with Crippen molar-refractivity contribution in [3.8, 4) is 0 Å². The number of hydrogen-bond acceptors (Lipinski definition) is 2. The molecule has 31 heavy (non-hydrogen) atoms. The number of anilines is 1. The van der Waals surface area contributed by atoms with Crippen LogP contribution in [0.5, 0.6) is 0 Å². The highest BCUT2D eigenvalue weighted by Crippen LogP contribution is 2.42. The standard InChI is InChI=1S/C25H23Cl3N2O/c1-25(2,16-7-4-3-5-8-16)29-21-15-22(19-9-6-10-20(27)23(19)28)30(24(21)31)18-13-11-17(26)12-14-18/h3-14,21-22,29H,15H2,1-2H3/t21-,22-/m1/s1. The lowest BCUT2D eigenvalue weighted by Gasteiger charge is -2.30. The van der Waals surface area contributed by atoms with Crippen molar-refractivity contribution >= 4 is 46.4 Å². The van der Waals surface area contributed by atoms with Gasteiger partial charge in [0.05, 0.1) is 22.1 Å². The van der Waals surface area contributed by atoms with Gasteiger partial charge < -0.3 is 4.90 Å². The Kier molecular flexibility index (Phi) is 6.32. The highest BCUT2D eigenvalue weighted by Gasteiger charge is 2.44. The summed E-state index contributed by atoms with van der Waals surface area (Å²) >= 11 is 18.9. The highest BCUT2D eigenvalue weighted by molar-refractivity contribution is 6.42. The zero-order valence-electron chi connectivity index (χ0n) is 17.3. The topological polar surface area (TPSA) is 32.3 Å². The number of carbonyl (C=O) groups excluding carboxylic acids is 1. The van der Waals surface area contributed by atoms with Crippen molar-refractivity contribution in [1.29, 1.82) is 0 Å². The molecule has 160 valence electrons. The van der Waals surface area contributed by atoms with E-state index in [0.717, 1.165) is 16.8 Å². The van der Waals surface area contributed by atoms with Crippen LogP contribution in [0.2, 0.25) is 15.1 Å². The minimum absolute atomic E-state index is 0.00706. The van der Waals surface area contributed by atoms with E-state index in [1.807, 2.05) is 42.5 Å². The molecule has 1 amide bonds.